The first-order valence-corrected chi connectivity index (χ1v) is 5.94. The van der Waals surface area contributed by atoms with Gasteiger partial charge >= 0.3 is 6.09 Å². The number of rotatable bonds is 3. The molecule has 1 amide bonds. The Bertz CT molecular complexity index is 282. The molecule has 1 aliphatic rings. The van der Waals surface area contributed by atoms with Crippen molar-refractivity contribution in [2.45, 2.75) is 51.9 Å². The number of nitrogens with one attached hydrogen (secondary N) is 1. The van der Waals surface area contributed by atoms with E-state index in [1.165, 1.54) is 14.0 Å². The van der Waals surface area contributed by atoms with Crippen LogP contribution in [0.1, 0.15) is 33.6 Å². The predicted octanol–water partition coefficient (Wildman–Crippen LogP) is 1.50. The summed E-state index contributed by atoms with van der Waals surface area (Å²) in [7, 11) is 1.29. The molecule has 0 saturated carbocycles. The molecular formula is C12H21NO4. The van der Waals surface area contributed by atoms with E-state index in [4.69, 9.17) is 4.74 Å². The third-order valence-electron chi connectivity index (χ3n) is 3.10. The summed E-state index contributed by atoms with van der Waals surface area (Å²) >= 11 is 0. The highest BCUT2D eigenvalue weighted by molar-refractivity contribution is 5.85. The van der Waals surface area contributed by atoms with E-state index in [1.807, 2.05) is 13.8 Å². The zero-order chi connectivity index (χ0) is 13.0. The van der Waals surface area contributed by atoms with Crippen molar-refractivity contribution < 1.29 is 19.1 Å². The van der Waals surface area contributed by atoms with Crippen molar-refractivity contribution in [3.63, 3.8) is 0 Å². The number of carbonyl (C=O) groups excluding carboxylic acids is 2. The molecule has 0 aromatic carbocycles. The van der Waals surface area contributed by atoms with Gasteiger partial charge in [-0.15, -0.1) is 0 Å². The van der Waals surface area contributed by atoms with Crippen LogP contribution >= 0.6 is 0 Å². The summed E-state index contributed by atoms with van der Waals surface area (Å²) in [6, 6.07) is -0.476. The largest absolute Gasteiger partial charge is 0.453 e. The maximum Gasteiger partial charge on any atom is 0.407 e. The van der Waals surface area contributed by atoms with Crippen LogP contribution in [-0.4, -0.2) is 37.2 Å². The molecule has 1 fully saturated rings. The summed E-state index contributed by atoms with van der Waals surface area (Å²) in [6.45, 7) is 5.46. The van der Waals surface area contributed by atoms with Gasteiger partial charge in [0, 0.05) is 0 Å². The van der Waals surface area contributed by atoms with Gasteiger partial charge in [0.1, 0.15) is 0 Å². The first-order valence-electron chi connectivity index (χ1n) is 5.94. The quantitative estimate of drug-likeness (QED) is 0.816. The molecule has 1 heterocycles. The Morgan fingerprint density at radius 1 is 1.29 bits per heavy atom. The van der Waals surface area contributed by atoms with Gasteiger partial charge in [0.15, 0.2) is 5.78 Å². The zero-order valence-corrected chi connectivity index (χ0v) is 10.9. The Morgan fingerprint density at radius 3 is 2.24 bits per heavy atom. The van der Waals surface area contributed by atoms with Crippen molar-refractivity contribution >= 4 is 11.9 Å². The zero-order valence-electron chi connectivity index (χ0n) is 10.9. The van der Waals surface area contributed by atoms with Gasteiger partial charge in [0.25, 0.3) is 0 Å². The Labute approximate surface area is 102 Å². The number of hydrogen-bond acceptors (Lipinski definition) is 4. The normalized spacial score (nSPS) is 30.5. The second-order valence-corrected chi connectivity index (χ2v) is 4.71. The molecule has 3 atom stereocenters. The van der Waals surface area contributed by atoms with Crippen molar-refractivity contribution in [2.75, 3.05) is 7.11 Å². The lowest BCUT2D eigenvalue weighted by molar-refractivity contribution is -0.123. The minimum absolute atomic E-state index is 0.0401. The highest BCUT2D eigenvalue weighted by atomic mass is 16.5. The molecule has 1 N–H and O–H groups in total. The molecule has 1 aliphatic heterocycles. The van der Waals surface area contributed by atoms with Crippen LogP contribution in [0.2, 0.25) is 0 Å². The fourth-order valence-corrected chi connectivity index (χ4v) is 2.47. The summed E-state index contributed by atoms with van der Waals surface area (Å²) in [4.78, 5) is 22.8. The average Bonchev–Trinajstić information content (AvgIpc) is 2.23. The van der Waals surface area contributed by atoms with Crippen LogP contribution < -0.4 is 5.32 Å². The molecular weight excluding hydrogens is 222 g/mol. The van der Waals surface area contributed by atoms with E-state index in [9.17, 15) is 9.59 Å². The van der Waals surface area contributed by atoms with Gasteiger partial charge in [-0.1, -0.05) is 0 Å². The van der Waals surface area contributed by atoms with Crippen molar-refractivity contribution in [2.24, 2.45) is 5.92 Å². The van der Waals surface area contributed by atoms with Crippen molar-refractivity contribution in [3.05, 3.63) is 0 Å². The molecule has 5 heteroatoms. The van der Waals surface area contributed by atoms with Crippen molar-refractivity contribution in [3.8, 4) is 0 Å². The summed E-state index contributed by atoms with van der Waals surface area (Å²) in [5.74, 6) is 0.0760. The van der Waals surface area contributed by atoms with Crippen LogP contribution in [0.25, 0.3) is 0 Å². The standard InChI is InChI=1S/C12H21NO4/c1-7-5-10(6-8(2)17-7)11(9(3)14)13-12(15)16-4/h7-8,10-11H,5-6H2,1-4H3,(H,13,15)/t7-,8-,11-/m1/s1. The lowest BCUT2D eigenvalue weighted by Gasteiger charge is -2.35. The van der Waals surface area contributed by atoms with Gasteiger partial charge in [0.2, 0.25) is 0 Å². The minimum Gasteiger partial charge on any atom is -0.453 e. The lowest BCUT2D eigenvalue weighted by Crippen LogP contribution is -2.48. The Hall–Kier alpha value is -1.10. The number of methoxy groups -OCH3 is 1. The van der Waals surface area contributed by atoms with Gasteiger partial charge in [-0.2, -0.15) is 0 Å². The smallest absolute Gasteiger partial charge is 0.407 e. The number of ether oxygens (including phenoxy) is 2. The fraction of sp³-hybridized carbons (Fsp3) is 0.833. The molecule has 0 unspecified atom stereocenters. The Balaban J connectivity index is 2.69. The van der Waals surface area contributed by atoms with Gasteiger partial charge < -0.3 is 14.8 Å². The van der Waals surface area contributed by atoms with E-state index in [-0.39, 0.29) is 23.9 Å². The second-order valence-electron chi connectivity index (χ2n) is 4.71. The van der Waals surface area contributed by atoms with E-state index in [2.05, 4.69) is 10.1 Å². The molecule has 1 rings (SSSR count). The van der Waals surface area contributed by atoms with Crippen LogP contribution in [0.15, 0.2) is 0 Å². The van der Waals surface area contributed by atoms with Gasteiger partial charge in [-0.05, 0) is 39.5 Å². The third-order valence-corrected chi connectivity index (χ3v) is 3.10. The molecule has 98 valence electrons. The average molecular weight is 243 g/mol. The molecule has 17 heavy (non-hydrogen) atoms. The predicted molar refractivity (Wildman–Crippen MR) is 62.7 cm³/mol. The van der Waals surface area contributed by atoms with E-state index in [0.717, 1.165) is 12.8 Å². The molecule has 1 saturated heterocycles. The second kappa shape index (κ2) is 6.00. The maximum absolute atomic E-state index is 11.6. The van der Waals surface area contributed by atoms with Crippen molar-refractivity contribution in [1.82, 2.24) is 5.32 Å². The Kier molecular flexibility index (Phi) is 4.93. The van der Waals surface area contributed by atoms with E-state index in [0.29, 0.717) is 0 Å². The minimum atomic E-state index is -0.558. The van der Waals surface area contributed by atoms with Gasteiger partial charge in [-0.25, -0.2) is 4.79 Å². The number of amides is 1. The molecule has 0 aromatic heterocycles. The van der Waals surface area contributed by atoms with E-state index < -0.39 is 12.1 Å². The topological polar surface area (TPSA) is 64.6 Å². The number of hydrogen-bond donors (Lipinski definition) is 1. The molecule has 0 bridgehead atoms. The van der Waals surface area contributed by atoms with Gasteiger partial charge in [0.05, 0.1) is 25.4 Å². The van der Waals surface area contributed by atoms with Crippen LogP contribution in [0.4, 0.5) is 4.79 Å². The van der Waals surface area contributed by atoms with Crippen LogP contribution in [0.3, 0.4) is 0 Å². The van der Waals surface area contributed by atoms with Crippen LogP contribution in [0.5, 0.6) is 0 Å². The number of Topliss-reactive ketones (excluding diaryl/α,β-unsaturated/α-hetero) is 1. The van der Waals surface area contributed by atoms with Gasteiger partial charge in [-0.3, -0.25) is 4.79 Å². The van der Waals surface area contributed by atoms with E-state index in [1.54, 1.807) is 0 Å². The molecule has 0 radical (unpaired) electrons. The van der Waals surface area contributed by atoms with Crippen LogP contribution in [0, 0.1) is 5.92 Å². The molecule has 0 aliphatic carbocycles. The van der Waals surface area contributed by atoms with E-state index >= 15 is 0 Å². The fourth-order valence-electron chi connectivity index (χ4n) is 2.47. The lowest BCUT2D eigenvalue weighted by atomic mass is 9.84. The third kappa shape index (κ3) is 4.00. The number of carbonyl (C=O) groups is 2. The number of ketones is 1. The monoisotopic (exact) mass is 243 g/mol. The first kappa shape index (κ1) is 14.0. The Morgan fingerprint density at radius 2 is 1.82 bits per heavy atom. The summed E-state index contributed by atoms with van der Waals surface area (Å²) in [5, 5.41) is 2.61. The molecule has 5 nitrogen and oxygen atoms in total. The molecule has 0 spiro atoms. The summed E-state index contributed by atoms with van der Waals surface area (Å²) < 4.78 is 10.2. The summed E-state index contributed by atoms with van der Waals surface area (Å²) in [6.07, 6.45) is 1.23. The first-order chi connectivity index (χ1) is 7.93. The number of alkyl carbamates (subject to hydrolysis) is 1. The van der Waals surface area contributed by atoms with Crippen LogP contribution in [-0.2, 0) is 14.3 Å². The van der Waals surface area contributed by atoms with Crippen molar-refractivity contribution in [1.29, 1.82) is 0 Å². The highest BCUT2D eigenvalue weighted by Crippen LogP contribution is 2.27. The highest BCUT2D eigenvalue weighted by Gasteiger charge is 2.34. The maximum atomic E-state index is 11.6. The molecule has 0 aromatic rings. The SMILES string of the molecule is COC(=O)N[C@H](C(C)=O)C1C[C@@H](C)O[C@H](C)C1. The summed E-state index contributed by atoms with van der Waals surface area (Å²) in [5.41, 5.74) is 0.